The number of nitro groups is 1. The van der Waals surface area contributed by atoms with Gasteiger partial charge in [0, 0.05) is 33.1 Å². The molecule has 0 spiro atoms. The number of fused-ring (bicyclic) bond motifs is 4. The van der Waals surface area contributed by atoms with E-state index in [9.17, 15) is 34.0 Å². The average Bonchev–Trinajstić information content (AvgIpc) is 3.54. The molecule has 54 heavy (non-hydrogen) atoms. The molecular formula is C39H29BrClFN4O8. The molecule has 1 saturated carbocycles. The van der Waals surface area contributed by atoms with Crippen LogP contribution >= 0.6 is 27.5 Å². The Hall–Kier alpha value is -5.60. The second kappa shape index (κ2) is 13.1. The number of carbonyl (C=O) groups is 4. The van der Waals surface area contributed by atoms with Gasteiger partial charge in [0.05, 0.1) is 46.6 Å². The lowest BCUT2D eigenvalue weighted by Gasteiger charge is -2.50. The number of halogens is 3. The normalized spacial score (nSPS) is 25.9. The van der Waals surface area contributed by atoms with Crippen molar-refractivity contribution in [2.24, 2.45) is 23.7 Å². The summed E-state index contributed by atoms with van der Waals surface area (Å²) in [4.78, 5) is 70.7. The zero-order chi connectivity index (χ0) is 38.2. The molecule has 2 heterocycles. The molecule has 0 aromatic heterocycles. The number of carbonyl (C=O) groups excluding carboxylic acids is 4. The number of hydrogen-bond donors (Lipinski definition) is 2. The summed E-state index contributed by atoms with van der Waals surface area (Å²) in [5.74, 6) is -8.07. The number of anilines is 2. The number of phenolic OH excluding ortho intramolecular Hbond substituents is 1. The summed E-state index contributed by atoms with van der Waals surface area (Å²) in [6.45, 7) is 0. The minimum Gasteiger partial charge on any atom is -0.504 e. The van der Waals surface area contributed by atoms with Gasteiger partial charge in [-0.05, 0) is 78.9 Å². The number of allylic oxidation sites excluding steroid dienone is 2. The lowest BCUT2D eigenvalue weighted by atomic mass is 9.49. The Balaban J connectivity index is 1.34. The second-order valence-corrected chi connectivity index (χ2v) is 15.1. The Labute approximate surface area is 320 Å². The number of aromatic hydroxyl groups is 1. The van der Waals surface area contributed by atoms with Crippen molar-refractivity contribution < 1.29 is 38.3 Å². The summed E-state index contributed by atoms with van der Waals surface area (Å²) in [6, 6.07) is 20.1. The molecule has 6 unspecified atom stereocenters. The topological polar surface area (TPSA) is 159 Å². The maximum Gasteiger partial charge on any atom is 0.271 e. The van der Waals surface area contributed by atoms with Crippen molar-refractivity contribution in [3.8, 4) is 11.5 Å². The van der Waals surface area contributed by atoms with Gasteiger partial charge in [-0.3, -0.25) is 34.7 Å². The third-order valence-corrected chi connectivity index (χ3v) is 11.9. The van der Waals surface area contributed by atoms with Crippen LogP contribution in [0.25, 0.3) is 0 Å². The molecule has 3 fully saturated rings. The molecule has 2 N–H and O–H groups in total. The fourth-order valence-corrected chi connectivity index (χ4v) is 9.55. The Morgan fingerprint density at radius 2 is 1.70 bits per heavy atom. The van der Waals surface area contributed by atoms with Crippen LogP contribution < -0.4 is 15.1 Å². The van der Waals surface area contributed by atoms with E-state index in [2.05, 4.69) is 21.4 Å². The van der Waals surface area contributed by atoms with E-state index in [4.69, 9.17) is 16.3 Å². The second-order valence-electron chi connectivity index (χ2n) is 13.7. The van der Waals surface area contributed by atoms with Crippen LogP contribution in [0.15, 0.2) is 101 Å². The van der Waals surface area contributed by atoms with Gasteiger partial charge >= 0.3 is 0 Å². The third kappa shape index (κ3) is 5.22. The van der Waals surface area contributed by atoms with Gasteiger partial charge in [0.2, 0.25) is 11.8 Å². The van der Waals surface area contributed by atoms with Crippen LogP contribution in [-0.2, 0) is 24.6 Å². The monoisotopic (exact) mass is 814 g/mol. The highest BCUT2D eigenvalue weighted by molar-refractivity contribution is 9.10. The molecule has 2 saturated heterocycles. The summed E-state index contributed by atoms with van der Waals surface area (Å²) in [5, 5.41) is 24.7. The van der Waals surface area contributed by atoms with Crippen LogP contribution in [0.2, 0.25) is 5.02 Å². The Morgan fingerprint density at radius 3 is 2.39 bits per heavy atom. The van der Waals surface area contributed by atoms with Gasteiger partial charge in [-0.25, -0.2) is 9.29 Å². The van der Waals surface area contributed by atoms with E-state index >= 15 is 4.79 Å². The molecule has 0 radical (unpaired) electrons. The van der Waals surface area contributed by atoms with Crippen molar-refractivity contribution in [2.45, 2.75) is 24.2 Å². The van der Waals surface area contributed by atoms with E-state index in [1.54, 1.807) is 36.4 Å². The maximum absolute atomic E-state index is 15.3. The van der Waals surface area contributed by atoms with E-state index in [0.29, 0.717) is 20.6 Å². The molecule has 4 aromatic carbocycles. The van der Waals surface area contributed by atoms with Gasteiger partial charge in [0.1, 0.15) is 5.82 Å². The maximum atomic E-state index is 15.3. The zero-order valence-electron chi connectivity index (χ0n) is 28.2. The first-order valence-corrected chi connectivity index (χ1v) is 18.1. The highest BCUT2D eigenvalue weighted by Crippen LogP contribution is 2.65. The first-order valence-electron chi connectivity index (χ1n) is 16.9. The van der Waals surface area contributed by atoms with Crippen molar-refractivity contribution in [1.82, 2.24) is 5.01 Å². The highest BCUT2D eigenvalue weighted by Gasteiger charge is 2.70. The fraction of sp³-hybridized carbons (Fsp3) is 0.231. The summed E-state index contributed by atoms with van der Waals surface area (Å²) >= 11 is 9.86. The number of nitro benzene ring substituents is 1. The van der Waals surface area contributed by atoms with Crippen molar-refractivity contribution in [2.75, 3.05) is 17.4 Å². The lowest BCUT2D eigenvalue weighted by Crippen LogP contribution is -2.53. The molecule has 4 amide bonds. The SMILES string of the molecule is COc1cc(Br)cc(C2C3=CCC4C(=O)N(c5cccc([N+](=O)[O-])c5)C(=O)C4C3CC3C(=O)N(Nc4ccc(F)cc4)C(=O)C32c2ccc(Cl)cc2)c1O. The van der Waals surface area contributed by atoms with E-state index < -0.39 is 69.4 Å². The first-order chi connectivity index (χ1) is 25.9. The van der Waals surface area contributed by atoms with Gasteiger partial charge in [-0.1, -0.05) is 57.4 Å². The molecular weight excluding hydrogens is 787 g/mol. The number of rotatable bonds is 7. The number of amides is 4. The Kier molecular flexibility index (Phi) is 8.57. The van der Waals surface area contributed by atoms with Gasteiger partial charge in [0.25, 0.3) is 17.5 Å². The van der Waals surface area contributed by atoms with Crippen LogP contribution in [-0.4, -0.2) is 45.8 Å². The van der Waals surface area contributed by atoms with Crippen LogP contribution in [0, 0.1) is 39.6 Å². The molecule has 12 nitrogen and oxygen atoms in total. The minimum absolute atomic E-state index is 0.0496. The largest absolute Gasteiger partial charge is 0.504 e. The van der Waals surface area contributed by atoms with Crippen LogP contribution in [0.4, 0.5) is 21.5 Å². The Morgan fingerprint density at radius 1 is 0.981 bits per heavy atom. The molecule has 4 aromatic rings. The predicted octanol–water partition coefficient (Wildman–Crippen LogP) is 7.05. The number of hydrazine groups is 1. The average molecular weight is 816 g/mol. The number of phenols is 1. The van der Waals surface area contributed by atoms with E-state index in [-0.39, 0.29) is 47.0 Å². The summed E-state index contributed by atoms with van der Waals surface area (Å²) in [6.07, 6.45) is 1.84. The van der Waals surface area contributed by atoms with E-state index in [0.717, 1.165) is 9.91 Å². The van der Waals surface area contributed by atoms with Crippen molar-refractivity contribution in [3.05, 3.63) is 133 Å². The molecule has 6 atom stereocenters. The Bertz CT molecular complexity index is 2320. The molecule has 274 valence electrons. The van der Waals surface area contributed by atoms with Crippen LogP contribution in [0.3, 0.4) is 0 Å². The number of nitrogens with one attached hydrogen (secondary N) is 1. The third-order valence-electron chi connectivity index (χ3n) is 11.2. The number of nitrogens with zero attached hydrogens (tertiary/aromatic N) is 3. The lowest BCUT2D eigenvalue weighted by molar-refractivity contribution is -0.384. The quantitative estimate of drug-likeness (QED) is 0.0863. The number of methoxy groups -OCH3 is 1. The van der Waals surface area contributed by atoms with Crippen LogP contribution in [0.1, 0.15) is 29.9 Å². The number of non-ortho nitro benzene ring substituents is 1. The van der Waals surface area contributed by atoms with Gasteiger partial charge in [-0.15, -0.1) is 0 Å². The highest BCUT2D eigenvalue weighted by atomic mass is 79.9. The van der Waals surface area contributed by atoms with Crippen LogP contribution in [0.5, 0.6) is 11.5 Å². The molecule has 4 aliphatic rings. The summed E-state index contributed by atoms with van der Waals surface area (Å²) < 4.78 is 19.9. The predicted molar refractivity (Wildman–Crippen MR) is 197 cm³/mol. The molecule has 0 bridgehead atoms. The summed E-state index contributed by atoms with van der Waals surface area (Å²) in [7, 11) is 1.38. The smallest absolute Gasteiger partial charge is 0.271 e. The van der Waals surface area contributed by atoms with Crippen molar-refractivity contribution in [3.63, 3.8) is 0 Å². The number of benzene rings is 4. The fourth-order valence-electron chi connectivity index (χ4n) is 8.97. The molecule has 8 rings (SSSR count). The molecule has 2 aliphatic carbocycles. The molecule has 15 heteroatoms. The first kappa shape index (κ1) is 35.4. The number of imide groups is 2. The van der Waals surface area contributed by atoms with Gasteiger partial charge in [-0.2, -0.15) is 5.01 Å². The van der Waals surface area contributed by atoms with E-state index in [1.165, 1.54) is 55.6 Å². The standard InChI is InChI=1S/C39H29BrClFN4O8/c1-54-31-16-20(40)15-29(34(31)47)33-26-13-14-27-32(37(50)44(35(27)48)24-3-2-4-25(17-24)46(52)53)28(26)18-30-36(49)45(43-23-11-9-22(42)10-12-23)38(51)39(30,33)19-5-7-21(41)8-6-19/h2-13,15-17,27-28,30,32-33,43,47H,14,18H2,1H3. The molecule has 2 aliphatic heterocycles. The van der Waals surface area contributed by atoms with E-state index in [1.807, 2.05) is 6.08 Å². The van der Waals surface area contributed by atoms with Crippen molar-refractivity contribution >= 4 is 68.2 Å². The van der Waals surface area contributed by atoms with Gasteiger partial charge < -0.3 is 9.84 Å². The minimum atomic E-state index is -1.74. The zero-order valence-corrected chi connectivity index (χ0v) is 30.6. The van der Waals surface area contributed by atoms with Gasteiger partial charge in [0.15, 0.2) is 11.5 Å². The number of ether oxygens (including phenoxy) is 1. The van der Waals surface area contributed by atoms with Crippen molar-refractivity contribution in [1.29, 1.82) is 0 Å². The number of hydrogen-bond acceptors (Lipinski definition) is 9. The summed E-state index contributed by atoms with van der Waals surface area (Å²) in [5.41, 5.74) is 2.35.